The van der Waals surface area contributed by atoms with Crippen molar-refractivity contribution in [2.45, 2.75) is 135 Å². The molecular weight excluding hydrogens is 758 g/mol. The van der Waals surface area contributed by atoms with Crippen molar-refractivity contribution in [3.05, 3.63) is 41.4 Å². The zero-order chi connectivity index (χ0) is 40.7. The molecule has 1 saturated heterocycles. The van der Waals surface area contributed by atoms with Crippen molar-refractivity contribution in [2.24, 2.45) is 29.1 Å². The number of ketones is 1. The Labute approximate surface area is 335 Å². The van der Waals surface area contributed by atoms with E-state index in [0.717, 1.165) is 6.42 Å². The molecule has 14 heteroatoms. The highest BCUT2D eigenvalue weighted by molar-refractivity contribution is 7.90. The third kappa shape index (κ3) is 9.69. The van der Waals surface area contributed by atoms with Crippen LogP contribution in [0.1, 0.15) is 106 Å². The van der Waals surface area contributed by atoms with Gasteiger partial charge in [0, 0.05) is 34.7 Å². The summed E-state index contributed by atoms with van der Waals surface area (Å²) in [4.78, 5) is 63.0. The molecule has 306 valence electrons. The lowest BCUT2D eigenvalue weighted by Crippen LogP contribution is -2.47. The molecule has 12 nitrogen and oxygen atoms in total. The van der Waals surface area contributed by atoms with Crippen molar-refractivity contribution in [3.8, 4) is 11.8 Å². The van der Waals surface area contributed by atoms with Gasteiger partial charge in [0.25, 0.3) is 0 Å². The first-order valence-electron chi connectivity index (χ1n) is 20.0. The quantitative estimate of drug-likeness (QED) is 0.207. The molecule has 1 aromatic heterocycles. The summed E-state index contributed by atoms with van der Waals surface area (Å²) in [7, 11) is -3.87. The first kappa shape index (κ1) is 41.9. The number of rotatable bonds is 9. The summed E-state index contributed by atoms with van der Waals surface area (Å²) in [6.45, 7) is 13.2. The number of amides is 2. The van der Waals surface area contributed by atoms with Crippen LogP contribution in [0.4, 0.5) is 0 Å². The van der Waals surface area contributed by atoms with Gasteiger partial charge in [0.1, 0.15) is 11.7 Å². The van der Waals surface area contributed by atoms with Gasteiger partial charge in [-0.2, -0.15) is 4.98 Å². The Bertz CT molecular complexity index is 1990. The molecule has 6 rings (SSSR count). The summed E-state index contributed by atoms with van der Waals surface area (Å²) in [6, 6.07) is 6.10. The average Bonchev–Trinajstić information content (AvgIpc) is 4.01. The van der Waals surface area contributed by atoms with Crippen LogP contribution in [0.25, 0.3) is 10.8 Å². The summed E-state index contributed by atoms with van der Waals surface area (Å²) in [6.07, 6.45) is 6.20. The van der Waals surface area contributed by atoms with E-state index in [2.05, 4.69) is 16.6 Å². The minimum absolute atomic E-state index is 0.0138. The van der Waals surface area contributed by atoms with Crippen LogP contribution in [0.3, 0.4) is 0 Å². The third-order valence-electron chi connectivity index (χ3n) is 11.4. The third-order valence-corrected chi connectivity index (χ3v) is 13.5. The second-order valence-electron chi connectivity index (χ2n) is 17.8. The molecule has 0 spiro atoms. The Morgan fingerprint density at radius 3 is 2.50 bits per heavy atom. The van der Waals surface area contributed by atoms with Crippen molar-refractivity contribution in [2.75, 3.05) is 6.54 Å². The monoisotopic (exact) mass is 813 g/mol. The fourth-order valence-corrected chi connectivity index (χ4v) is 9.90. The van der Waals surface area contributed by atoms with Gasteiger partial charge in [0.15, 0.2) is 5.78 Å². The molecule has 3 heterocycles. The van der Waals surface area contributed by atoms with Crippen LogP contribution in [-0.4, -0.2) is 77.5 Å². The van der Waals surface area contributed by atoms with Gasteiger partial charge in [-0.25, -0.2) is 8.42 Å². The molecule has 2 saturated carbocycles. The van der Waals surface area contributed by atoms with E-state index in [4.69, 9.17) is 25.8 Å². The maximum Gasteiger partial charge on any atom is 0.307 e. The van der Waals surface area contributed by atoms with Gasteiger partial charge in [-0.05, 0) is 103 Å². The normalized spacial score (nSPS) is 29.5. The Hall–Kier alpha value is -3.71. The summed E-state index contributed by atoms with van der Waals surface area (Å²) < 4.78 is 46.4. The molecule has 56 heavy (non-hydrogen) atoms. The molecule has 2 amide bonds. The summed E-state index contributed by atoms with van der Waals surface area (Å²) in [5, 5.41) is 1.16. The lowest BCUT2D eigenvalue weighted by atomic mass is 9.82. The lowest BCUT2D eigenvalue weighted by molar-refractivity contribution is -0.160. The van der Waals surface area contributed by atoms with Crippen molar-refractivity contribution in [3.63, 3.8) is 0 Å². The van der Waals surface area contributed by atoms with Crippen LogP contribution < -0.4 is 14.2 Å². The fourth-order valence-electron chi connectivity index (χ4n) is 8.28. The molecule has 7 atom stereocenters. The minimum Gasteiger partial charge on any atom is -0.475 e. The zero-order valence-electron chi connectivity index (χ0n) is 33.5. The number of hydrogen-bond donors (Lipinski definition) is 1. The number of ether oxygens (including phenoxy) is 3. The molecule has 2 aromatic rings. The number of sulfonamides is 1. The van der Waals surface area contributed by atoms with Gasteiger partial charge in [-0.1, -0.05) is 43.7 Å². The highest BCUT2D eigenvalue weighted by atomic mass is 35.5. The lowest BCUT2D eigenvalue weighted by Gasteiger charge is -2.32. The van der Waals surface area contributed by atoms with Gasteiger partial charge in [-0.15, -0.1) is 0 Å². The first-order chi connectivity index (χ1) is 26.3. The standard InChI is InChI=1S/C42H56ClN3O9S/c1-24(2)53-36-19-32-30(13-10-14-33(32)43)38(44-36)54-28-18-34-35(47)22-42(40(50)45-56(51,52)29-15-16-29)21-27(42)12-9-8-11-25(3)17-26(4)31(39(49)46(34)23-28)20-37(48)55-41(5,6)7/h9-10,12-14,19,24-29,31,34H,8,11,15-18,20-23H2,1-7H3,(H,45,50)/b12-9-/t25-,26+,27+,28+,31-,34-,42+/m0/s1. The van der Waals surface area contributed by atoms with Crippen LogP contribution in [0.2, 0.25) is 5.02 Å². The fraction of sp³-hybridized carbons (Fsp3) is 0.643. The molecule has 2 aliphatic heterocycles. The van der Waals surface area contributed by atoms with E-state index in [-0.39, 0.29) is 67.2 Å². The van der Waals surface area contributed by atoms with E-state index in [1.54, 1.807) is 39.0 Å². The van der Waals surface area contributed by atoms with Crippen LogP contribution in [0.5, 0.6) is 11.8 Å². The molecule has 3 fully saturated rings. The van der Waals surface area contributed by atoms with Crippen LogP contribution in [0.15, 0.2) is 36.4 Å². The molecule has 0 radical (unpaired) electrons. The van der Waals surface area contributed by atoms with E-state index in [0.29, 0.717) is 53.8 Å². The number of carbonyl (C=O) groups excluding carboxylic acids is 4. The van der Waals surface area contributed by atoms with E-state index >= 15 is 0 Å². The number of nitrogens with one attached hydrogen (secondary N) is 1. The Kier molecular flexibility index (Phi) is 12.2. The molecule has 1 N–H and O–H groups in total. The first-order valence-corrected chi connectivity index (χ1v) is 21.9. The smallest absolute Gasteiger partial charge is 0.307 e. The number of fused-ring (bicyclic) bond motifs is 3. The van der Waals surface area contributed by atoms with Gasteiger partial charge >= 0.3 is 5.97 Å². The second kappa shape index (κ2) is 16.3. The zero-order valence-corrected chi connectivity index (χ0v) is 35.1. The number of carbonyl (C=O) groups is 4. The second-order valence-corrected chi connectivity index (χ2v) is 20.1. The van der Waals surface area contributed by atoms with Gasteiger partial charge < -0.3 is 19.1 Å². The van der Waals surface area contributed by atoms with Gasteiger partial charge in [-0.3, -0.25) is 23.9 Å². The van der Waals surface area contributed by atoms with Gasteiger partial charge in [0.05, 0.1) is 41.7 Å². The molecule has 0 unspecified atom stereocenters. The highest BCUT2D eigenvalue weighted by Crippen LogP contribution is 2.57. The molecule has 1 aromatic carbocycles. The summed E-state index contributed by atoms with van der Waals surface area (Å²) in [5.74, 6) is -2.55. The number of halogens is 1. The average molecular weight is 814 g/mol. The number of esters is 1. The Morgan fingerprint density at radius 1 is 1.09 bits per heavy atom. The number of aromatic nitrogens is 1. The number of allylic oxidation sites excluding steroid dienone is 2. The Morgan fingerprint density at radius 2 is 1.82 bits per heavy atom. The molecule has 4 aliphatic rings. The van der Waals surface area contributed by atoms with Crippen molar-refractivity contribution >= 4 is 56.0 Å². The maximum atomic E-state index is 14.9. The number of pyridine rings is 1. The van der Waals surface area contributed by atoms with E-state index in [9.17, 15) is 27.6 Å². The number of nitrogens with zero attached hydrogens (tertiary/aromatic N) is 2. The van der Waals surface area contributed by atoms with Crippen LogP contribution >= 0.6 is 11.6 Å². The van der Waals surface area contributed by atoms with Crippen LogP contribution in [0, 0.1) is 29.1 Å². The number of Topliss-reactive ketones (excluding diaryl/α,β-unsaturated/α-hetero) is 1. The van der Waals surface area contributed by atoms with Crippen LogP contribution in [-0.2, 0) is 33.9 Å². The van der Waals surface area contributed by atoms with Crippen molar-refractivity contribution in [1.82, 2.24) is 14.6 Å². The molecule has 2 aliphatic carbocycles. The SMILES string of the molecule is CC(C)Oc1cc2c(Cl)cccc2c(O[C@@H]2C[C@H]3C(=O)C[C@]4(C(=O)NS(=O)(=O)C5CC5)C[C@H]4/C=C\CC[C@H](C)C[C@@H](C)[C@H](CC(=O)OC(C)(C)C)C(=O)N3C2)n1. The summed E-state index contributed by atoms with van der Waals surface area (Å²) in [5.41, 5.74) is -2.03. The van der Waals surface area contributed by atoms with E-state index in [1.807, 2.05) is 39.0 Å². The van der Waals surface area contributed by atoms with Crippen molar-refractivity contribution < 1.29 is 41.8 Å². The highest BCUT2D eigenvalue weighted by Gasteiger charge is 2.61. The van der Waals surface area contributed by atoms with E-state index in [1.165, 1.54) is 4.90 Å². The topological polar surface area (TPSA) is 158 Å². The maximum absolute atomic E-state index is 14.9. The largest absolute Gasteiger partial charge is 0.475 e. The van der Waals surface area contributed by atoms with Crippen molar-refractivity contribution in [1.29, 1.82) is 0 Å². The number of benzene rings is 1. The molecular formula is C42H56ClN3O9S. The van der Waals surface area contributed by atoms with Gasteiger partial charge in [0.2, 0.25) is 33.6 Å². The number of hydrogen-bond acceptors (Lipinski definition) is 10. The minimum atomic E-state index is -3.87. The Balaban J connectivity index is 1.37. The van der Waals surface area contributed by atoms with E-state index < -0.39 is 56.2 Å². The predicted octanol–water partition coefficient (Wildman–Crippen LogP) is 6.96. The predicted molar refractivity (Wildman–Crippen MR) is 213 cm³/mol. The summed E-state index contributed by atoms with van der Waals surface area (Å²) >= 11 is 6.61. The molecule has 0 bridgehead atoms.